The van der Waals surface area contributed by atoms with Crippen LogP contribution in [0.1, 0.15) is 54.6 Å². The Morgan fingerprint density at radius 1 is 1.17 bits per heavy atom. The van der Waals surface area contributed by atoms with E-state index in [9.17, 15) is 9.59 Å². The number of hydrogen-bond acceptors (Lipinski definition) is 3. The highest BCUT2D eigenvalue weighted by molar-refractivity contribution is 5.95. The summed E-state index contributed by atoms with van der Waals surface area (Å²) in [7, 11) is 0. The normalized spacial score (nSPS) is 13.4. The second-order valence-electron chi connectivity index (χ2n) is 8.38. The monoisotopic (exact) mass is 395 g/mol. The van der Waals surface area contributed by atoms with Crippen LogP contribution in [0.15, 0.2) is 41.3 Å². The molecule has 5 nitrogen and oxygen atoms in total. The van der Waals surface area contributed by atoms with Crippen LogP contribution in [0.5, 0.6) is 0 Å². The third kappa shape index (κ3) is 5.28. The van der Waals surface area contributed by atoms with Gasteiger partial charge in [-0.2, -0.15) is 0 Å². The van der Waals surface area contributed by atoms with Crippen LogP contribution in [0.3, 0.4) is 0 Å². The number of pyridine rings is 1. The quantitative estimate of drug-likeness (QED) is 0.692. The number of carbonyl (C=O) groups excluding carboxylic acids is 1. The van der Waals surface area contributed by atoms with Gasteiger partial charge in [0.05, 0.1) is 0 Å². The van der Waals surface area contributed by atoms with E-state index in [1.807, 2.05) is 13.0 Å². The predicted octanol–water partition coefficient (Wildman–Crippen LogP) is 3.78. The molecule has 0 bridgehead atoms. The van der Waals surface area contributed by atoms with Crippen molar-refractivity contribution < 1.29 is 4.79 Å². The fraction of sp³-hybridized carbons (Fsp3) is 0.500. The molecule has 2 aromatic rings. The Morgan fingerprint density at radius 3 is 2.76 bits per heavy atom. The Balaban J connectivity index is 1.56. The molecule has 1 aliphatic rings. The van der Waals surface area contributed by atoms with Crippen molar-refractivity contribution in [1.82, 2.24) is 9.88 Å². The molecule has 0 saturated heterocycles. The van der Waals surface area contributed by atoms with Gasteiger partial charge in [0.15, 0.2) is 0 Å². The number of aryl methyl sites for hydroxylation is 3. The molecule has 156 valence electrons. The molecule has 3 rings (SSSR count). The molecular weight excluding hydrogens is 362 g/mol. The first-order valence-electron chi connectivity index (χ1n) is 10.8. The standard InChI is InChI=1S/C24H33N3O2/c1-18(2)11-16-27-17-12-19(3)22(24(27)29)23(28)25-13-7-15-26-14-6-9-20-8-4-5-10-21(20)26/h4-5,8,10,12,17-18H,6-7,9,11,13-16H2,1-3H3,(H,25,28). The number of rotatable bonds is 8. The molecule has 29 heavy (non-hydrogen) atoms. The number of anilines is 1. The van der Waals surface area contributed by atoms with Crippen LogP contribution in [0.25, 0.3) is 0 Å². The molecule has 0 unspecified atom stereocenters. The van der Waals surface area contributed by atoms with Gasteiger partial charge in [-0.05, 0) is 61.8 Å². The largest absolute Gasteiger partial charge is 0.371 e. The Morgan fingerprint density at radius 2 is 1.97 bits per heavy atom. The molecule has 0 spiro atoms. The van der Waals surface area contributed by atoms with Crippen molar-refractivity contribution in [3.63, 3.8) is 0 Å². The fourth-order valence-corrected chi connectivity index (χ4v) is 3.92. The second kappa shape index (κ2) is 9.77. The summed E-state index contributed by atoms with van der Waals surface area (Å²) in [6.45, 7) is 9.27. The minimum absolute atomic E-state index is 0.187. The lowest BCUT2D eigenvalue weighted by Crippen LogP contribution is -2.36. The SMILES string of the molecule is Cc1ccn(CCC(C)C)c(=O)c1C(=O)NCCCN1CCCc2ccccc21. The van der Waals surface area contributed by atoms with Crippen LogP contribution in [0.2, 0.25) is 0 Å². The number of nitrogens with one attached hydrogen (secondary N) is 1. The molecule has 0 fully saturated rings. The number of benzene rings is 1. The van der Waals surface area contributed by atoms with Gasteiger partial charge in [-0.3, -0.25) is 9.59 Å². The van der Waals surface area contributed by atoms with E-state index in [2.05, 4.69) is 48.3 Å². The van der Waals surface area contributed by atoms with Crippen molar-refractivity contribution in [2.75, 3.05) is 24.5 Å². The van der Waals surface area contributed by atoms with Gasteiger partial charge < -0.3 is 14.8 Å². The van der Waals surface area contributed by atoms with Crippen LogP contribution in [0, 0.1) is 12.8 Å². The number of nitrogens with zero attached hydrogens (tertiary/aromatic N) is 2. The maximum atomic E-state index is 12.8. The van der Waals surface area contributed by atoms with Crippen LogP contribution < -0.4 is 15.8 Å². The molecule has 1 amide bonds. The minimum atomic E-state index is -0.259. The first kappa shape index (κ1) is 21.2. The van der Waals surface area contributed by atoms with Crippen LogP contribution in [0.4, 0.5) is 5.69 Å². The highest BCUT2D eigenvalue weighted by Crippen LogP contribution is 2.26. The summed E-state index contributed by atoms with van der Waals surface area (Å²) in [4.78, 5) is 27.8. The summed E-state index contributed by atoms with van der Waals surface area (Å²) in [5.41, 5.74) is 3.55. The van der Waals surface area contributed by atoms with Crippen molar-refractivity contribution in [3.05, 3.63) is 63.6 Å². The average Bonchev–Trinajstić information content (AvgIpc) is 2.70. The summed E-state index contributed by atoms with van der Waals surface area (Å²) in [5.74, 6) is 0.255. The number of aromatic nitrogens is 1. The third-order valence-electron chi connectivity index (χ3n) is 5.64. The number of amides is 1. The van der Waals surface area contributed by atoms with E-state index in [0.717, 1.165) is 37.9 Å². The highest BCUT2D eigenvalue weighted by Gasteiger charge is 2.17. The molecule has 1 aliphatic heterocycles. The zero-order valence-electron chi connectivity index (χ0n) is 17.9. The van der Waals surface area contributed by atoms with Crippen LogP contribution in [-0.2, 0) is 13.0 Å². The van der Waals surface area contributed by atoms with Gasteiger partial charge in [-0.1, -0.05) is 32.0 Å². The number of para-hydroxylation sites is 1. The fourth-order valence-electron chi connectivity index (χ4n) is 3.92. The second-order valence-corrected chi connectivity index (χ2v) is 8.38. The summed E-state index contributed by atoms with van der Waals surface area (Å²) in [6, 6.07) is 10.4. The lowest BCUT2D eigenvalue weighted by Gasteiger charge is -2.31. The summed E-state index contributed by atoms with van der Waals surface area (Å²) in [5, 5.41) is 2.96. The van der Waals surface area contributed by atoms with Crippen molar-refractivity contribution >= 4 is 11.6 Å². The van der Waals surface area contributed by atoms with Gasteiger partial charge in [0.25, 0.3) is 11.5 Å². The topological polar surface area (TPSA) is 54.3 Å². The van der Waals surface area contributed by atoms with Gasteiger partial charge >= 0.3 is 0 Å². The van der Waals surface area contributed by atoms with E-state index < -0.39 is 0 Å². The maximum absolute atomic E-state index is 12.8. The van der Waals surface area contributed by atoms with Crippen molar-refractivity contribution in [1.29, 1.82) is 0 Å². The molecular formula is C24H33N3O2. The first-order chi connectivity index (χ1) is 14.0. The van der Waals surface area contributed by atoms with Crippen molar-refractivity contribution in [2.24, 2.45) is 5.92 Å². The number of fused-ring (bicyclic) bond motifs is 1. The lowest BCUT2D eigenvalue weighted by atomic mass is 10.0. The van der Waals surface area contributed by atoms with Gasteiger partial charge in [0, 0.05) is 38.1 Å². The summed E-state index contributed by atoms with van der Waals surface area (Å²) >= 11 is 0. The Bertz CT molecular complexity index is 901. The van der Waals surface area contributed by atoms with Crippen LogP contribution >= 0.6 is 0 Å². The van der Waals surface area contributed by atoms with E-state index >= 15 is 0 Å². The predicted molar refractivity (Wildman–Crippen MR) is 119 cm³/mol. The van der Waals surface area contributed by atoms with E-state index in [4.69, 9.17) is 0 Å². The molecule has 1 aromatic heterocycles. The van der Waals surface area contributed by atoms with Gasteiger partial charge in [-0.25, -0.2) is 0 Å². The van der Waals surface area contributed by atoms with E-state index in [0.29, 0.717) is 19.0 Å². The molecule has 2 heterocycles. The van der Waals surface area contributed by atoms with Gasteiger partial charge in [-0.15, -0.1) is 0 Å². The van der Waals surface area contributed by atoms with Crippen LogP contribution in [-0.4, -0.2) is 30.1 Å². The van der Waals surface area contributed by atoms with E-state index in [-0.39, 0.29) is 17.0 Å². The van der Waals surface area contributed by atoms with Crippen molar-refractivity contribution in [3.8, 4) is 0 Å². The molecule has 0 radical (unpaired) electrons. The van der Waals surface area contributed by atoms with Gasteiger partial charge in [0.1, 0.15) is 5.56 Å². The summed E-state index contributed by atoms with van der Waals surface area (Å²) in [6.07, 6.45) is 5.88. The first-order valence-corrected chi connectivity index (χ1v) is 10.8. The molecule has 1 aromatic carbocycles. The van der Waals surface area contributed by atoms with E-state index in [1.54, 1.807) is 10.8 Å². The molecule has 0 atom stereocenters. The zero-order chi connectivity index (χ0) is 20.8. The number of hydrogen-bond donors (Lipinski definition) is 1. The van der Waals surface area contributed by atoms with Gasteiger partial charge in [0.2, 0.25) is 0 Å². The average molecular weight is 396 g/mol. The summed E-state index contributed by atoms with van der Waals surface area (Å²) < 4.78 is 1.66. The Labute approximate surface area is 173 Å². The minimum Gasteiger partial charge on any atom is -0.371 e. The Hall–Kier alpha value is -2.56. The maximum Gasteiger partial charge on any atom is 0.263 e. The number of carbonyl (C=O) groups is 1. The smallest absolute Gasteiger partial charge is 0.263 e. The molecule has 0 aliphatic carbocycles. The van der Waals surface area contributed by atoms with E-state index in [1.165, 1.54) is 17.7 Å². The highest BCUT2D eigenvalue weighted by atomic mass is 16.2. The lowest BCUT2D eigenvalue weighted by molar-refractivity contribution is 0.0950. The van der Waals surface area contributed by atoms with Crippen molar-refractivity contribution in [2.45, 2.75) is 53.0 Å². The zero-order valence-corrected chi connectivity index (χ0v) is 17.9. The molecule has 1 N–H and O–H groups in total. The molecule has 5 heteroatoms. The third-order valence-corrected chi connectivity index (χ3v) is 5.64. The Kier molecular flexibility index (Phi) is 7.13. The molecule has 0 saturated carbocycles.